The summed E-state index contributed by atoms with van der Waals surface area (Å²) in [7, 11) is 0. The van der Waals surface area contributed by atoms with Gasteiger partial charge in [-0.3, -0.25) is 4.98 Å². The van der Waals surface area contributed by atoms with Gasteiger partial charge in [0.25, 0.3) is 0 Å². The molecule has 2 heterocycles. The van der Waals surface area contributed by atoms with Crippen molar-refractivity contribution in [2.45, 2.75) is 6.92 Å². The van der Waals surface area contributed by atoms with Crippen LogP contribution in [0.5, 0.6) is 0 Å². The highest BCUT2D eigenvalue weighted by Crippen LogP contribution is 2.22. The molecule has 0 saturated heterocycles. The molecule has 0 unspecified atom stereocenters. The van der Waals surface area contributed by atoms with Crippen LogP contribution in [-0.4, -0.2) is 15.0 Å². The maximum atomic E-state index is 5.81. The number of aromatic nitrogens is 3. The lowest BCUT2D eigenvalue weighted by Crippen LogP contribution is -1.98. The van der Waals surface area contributed by atoms with E-state index in [0.717, 1.165) is 22.2 Å². The summed E-state index contributed by atoms with van der Waals surface area (Å²) in [5.74, 6) is 0.711. The Balaban J connectivity index is 1.98. The molecule has 0 spiro atoms. The third-order valence-corrected chi connectivity index (χ3v) is 2.99. The lowest BCUT2D eigenvalue weighted by Gasteiger charge is -2.09. The van der Waals surface area contributed by atoms with Gasteiger partial charge < -0.3 is 5.32 Å². The van der Waals surface area contributed by atoms with Crippen molar-refractivity contribution in [3.05, 3.63) is 53.6 Å². The Bertz CT molecular complexity index is 742. The van der Waals surface area contributed by atoms with E-state index in [4.69, 9.17) is 11.6 Å². The maximum Gasteiger partial charge on any atom is 0.224 e. The van der Waals surface area contributed by atoms with Gasteiger partial charge in [-0.2, -0.15) is 0 Å². The van der Waals surface area contributed by atoms with Gasteiger partial charge in [0.05, 0.1) is 5.52 Å². The van der Waals surface area contributed by atoms with Crippen LogP contribution in [0.25, 0.3) is 10.9 Å². The third kappa shape index (κ3) is 2.48. The molecule has 4 nitrogen and oxygen atoms in total. The minimum Gasteiger partial charge on any atom is -0.340 e. The quantitative estimate of drug-likeness (QED) is 0.721. The standard InChI is InChI=1S/C14H11ClN4/c1-9-8-17-14(15)19-13(9)18-11-4-5-12-10(7-11)3-2-6-16-12/h2-8H,1H3,(H,17,18,19). The van der Waals surface area contributed by atoms with Crippen molar-refractivity contribution in [2.24, 2.45) is 0 Å². The molecule has 94 valence electrons. The van der Waals surface area contributed by atoms with Crippen LogP contribution in [0.15, 0.2) is 42.7 Å². The second-order valence-electron chi connectivity index (χ2n) is 4.21. The van der Waals surface area contributed by atoms with Crippen molar-refractivity contribution < 1.29 is 0 Å². The number of benzene rings is 1. The molecule has 0 aliphatic carbocycles. The van der Waals surface area contributed by atoms with Crippen molar-refractivity contribution in [3.63, 3.8) is 0 Å². The number of aryl methyl sites for hydroxylation is 1. The van der Waals surface area contributed by atoms with Crippen LogP contribution >= 0.6 is 11.6 Å². The Morgan fingerprint density at radius 1 is 1.16 bits per heavy atom. The highest BCUT2D eigenvalue weighted by molar-refractivity contribution is 6.28. The molecule has 1 N–H and O–H groups in total. The molecule has 3 rings (SSSR count). The second kappa shape index (κ2) is 4.82. The second-order valence-corrected chi connectivity index (χ2v) is 4.54. The lowest BCUT2D eigenvalue weighted by atomic mass is 10.2. The van der Waals surface area contributed by atoms with Gasteiger partial charge in [-0.05, 0) is 42.8 Å². The van der Waals surface area contributed by atoms with Crippen molar-refractivity contribution in [2.75, 3.05) is 5.32 Å². The van der Waals surface area contributed by atoms with Crippen LogP contribution in [0.1, 0.15) is 5.56 Å². The zero-order valence-electron chi connectivity index (χ0n) is 10.3. The number of rotatable bonds is 2. The van der Waals surface area contributed by atoms with Gasteiger partial charge in [-0.25, -0.2) is 9.97 Å². The van der Waals surface area contributed by atoms with E-state index in [1.54, 1.807) is 12.4 Å². The van der Waals surface area contributed by atoms with Gasteiger partial charge in [-0.15, -0.1) is 0 Å². The summed E-state index contributed by atoms with van der Waals surface area (Å²) in [6, 6.07) is 9.89. The van der Waals surface area contributed by atoms with E-state index in [1.165, 1.54) is 0 Å². The molecule has 0 aliphatic heterocycles. The number of anilines is 2. The van der Waals surface area contributed by atoms with Gasteiger partial charge in [0.15, 0.2) is 0 Å². The first kappa shape index (κ1) is 11.9. The molecule has 2 aromatic heterocycles. The molecular weight excluding hydrogens is 260 g/mol. The van der Waals surface area contributed by atoms with Crippen molar-refractivity contribution in [1.29, 1.82) is 0 Å². The zero-order valence-corrected chi connectivity index (χ0v) is 11.0. The van der Waals surface area contributed by atoms with E-state index in [1.807, 2.05) is 37.3 Å². The SMILES string of the molecule is Cc1cnc(Cl)nc1Nc1ccc2ncccc2c1. The van der Waals surface area contributed by atoms with Crippen LogP contribution in [0.2, 0.25) is 5.28 Å². The molecule has 1 aromatic carbocycles. The molecule has 0 bridgehead atoms. The van der Waals surface area contributed by atoms with Crippen LogP contribution in [0, 0.1) is 6.92 Å². The number of hydrogen-bond acceptors (Lipinski definition) is 4. The fourth-order valence-electron chi connectivity index (χ4n) is 1.84. The first-order valence-corrected chi connectivity index (χ1v) is 6.21. The van der Waals surface area contributed by atoms with Crippen LogP contribution in [-0.2, 0) is 0 Å². The zero-order chi connectivity index (χ0) is 13.2. The number of nitrogens with one attached hydrogen (secondary N) is 1. The largest absolute Gasteiger partial charge is 0.340 e. The summed E-state index contributed by atoms with van der Waals surface area (Å²) in [6.07, 6.45) is 3.48. The van der Waals surface area contributed by atoms with E-state index >= 15 is 0 Å². The first-order valence-electron chi connectivity index (χ1n) is 5.83. The minimum absolute atomic E-state index is 0.232. The average molecular weight is 271 g/mol. The number of fused-ring (bicyclic) bond motifs is 1. The first-order chi connectivity index (χ1) is 9.22. The van der Waals surface area contributed by atoms with E-state index in [0.29, 0.717) is 5.82 Å². The normalized spacial score (nSPS) is 10.6. The van der Waals surface area contributed by atoms with Gasteiger partial charge in [0.1, 0.15) is 5.82 Å². The smallest absolute Gasteiger partial charge is 0.224 e. The number of halogens is 1. The molecule has 0 aliphatic rings. The fraction of sp³-hybridized carbons (Fsp3) is 0.0714. The topological polar surface area (TPSA) is 50.7 Å². The van der Waals surface area contributed by atoms with Crippen LogP contribution in [0.3, 0.4) is 0 Å². The third-order valence-electron chi connectivity index (χ3n) is 2.81. The summed E-state index contributed by atoms with van der Waals surface area (Å²) in [4.78, 5) is 12.4. The highest BCUT2D eigenvalue weighted by atomic mass is 35.5. The van der Waals surface area contributed by atoms with Crippen molar-refractivity contribution in [1.82, 2.24) is 15.0 Å². The van der Waals surface area contributed by atoms with E-state index in [-0.39, 0.29) is 5.28 Å². The fourth-order valence-corrected chi connectivity index (χ4v) is 1.97. The molecule has 0 radical (unpaired) electrons. The van der Waals surface area contributed by atoms with E-state index in [2.05, 4.69) is 20.3 Å². The van der Waals surface area contributed by atoms with Gasteiger partial charge in [0, 0.05) is 29.0 Å². The molecule has 5 heteroatoms. The van der Waals surface area contributed by atoms with Crippen LogP contribution in [0.4, 0.5) is 11.5 Å². The molecule has 0 atom stereocenters. The predicted molar refractivity (Wildman–Crippen MR) is 76.8 cm³/mol. The maximum absolute atomic E-state index is 5.81. The summed E-state index contributed by atoms with van der Waals surface area (Å²) in [5.41, 5.74) is 2.85. The Morgan fingerprint density at radius 3 is 2.95 bits per heavy atom. The Morgan fingerprint density at radius 2 is 2.05 bits per heavy atom. The van der Waals surface area contributed by atoms with Gasteiger partial charge in [-0.1, -0.05) is 6.07 Å². The number of pyridine rings is 1. The average Bonchev–Trinajstić information content (AvgIpc) is 2.43. The van der Waals surface area contributed by atoms with Gasteiger partial charge in [0.2, 0.25) is 5.28 Å². The molecule has 0 amide bonds. The molecule has 0 saturated carbocycles. The minimum atomic E-state index is 0.232. The Kier molecular flexibility index (Phi) is 3.01. The highest BCUT2D eigenvalue weighted by Gasteiger charge is 2.03. The number of nitrogens with zero attached hydrogens (tertiary/aromatic N) is 3. The van der Waals surface area contributed by atoms with E-state index in [9.17, 15) is 0 Å². The monoisotopic (exact) mass is 270 g/mol. The van der Waals surface area contributed by atoms with Crippen LogP contribution < -0.4 is 5.32 Å². The Hall–Kier alpha value is -2.20. The van der Waals surface area contributed by atoms with Crippen molar-refractivity contribution in [3.8, 4) is 0 Å². The summed E-state index contributed by atoms with van der Waals surface area (Å²) in [6.45, 7) is 1.93. The number of hydrogen-bond donors (Lipinski definition) is 1. The summed E-state index contributed by atoms with van der Waals surface area (Å²) in [5, 5.41) is 4.55. The molecular formula is C14H11ClN4. The molecule has 19 heavy (non-hydrogen) atoms. The van der Waals surface area contributed by atoms with Gasteiger partial charge >= 0.3 is 0 Å². The molecule has 0 fully saturated rings. The molecule has 3 aromatic rings. The van der Waals surface area contributed by atoms with Crippen molar-refractivity contribution >= 4 is 34.0 Å². The summed E-state index contributed by atoms with van der Waals surface area (Å²) >= 11 is 5.81. The Labute approximate surface area is 115 Å². The van der Waals surface area contributed by atoms with E-state index < -0.39 is 0 Å². The predicted octanol–water partition coefficient (Wildman–Crippen LogP) is 3.73. The lowest BCUT2D eigenvalue weighted by molar-refractivity contribution is 1.13. The summed E-state index contributed by atoms with van der Waals surface area (Å²) < 4.78 is 0.